The van der Waals surface area contributed by atoms with Crippen LogP contribution in [0.1, 0.15) is 39.5 Å². The summed E-state index contributed by atoms with van der Waals surface area (Å²) in [4.78, 5) is 11.4. The van der Waals surface area contributed by atoms with Crippen molar-refractivity contribution in [3.63, 3.8) is 0 Å². The van der Waals surface area contributed by atoms with E-state index in [2.05, 4.69) is 24.0 Å². The third-order valence-electron chi connectivity index (χ3n) is 2.62. The van der Waals surface area contributed by atoms with Crippen LogP contribution in [-0.4, -0.2) is 11.9 Å². The van der Waals surface area contributed by atoms with Gasteiger partial charge in [-0.1, -0.05) is 31.2 Å². The first kappa shape index (κ1) is 13.5. The molecule has 0 aromatic carbocycles. The van der Waals surface area contributed by atoms with Gasteiger partial charge in [0.2, 0.25) is 5.91 Å². The highest BCUT2D eigenvalue weighted by atomic mass is 16.1. The molecule has 0 aliphatic heterocycles. The molecule has 1 N–H and O–H groups in total. The summed E-state index contributed by atoms with van der Waals surface area (Å²) in [5, 5.41) is 3.01. The lowest BCUT2D eigenvalue weighted by Crippen LogP contribution is -2.32. The van der Waals surface area contributed by atoms with Crippen molar-refractivity contribution >= 4 is 5.91 Å². The minimum Gasteiger partial charge on any atom is -0.354 e. The Morgan fingerprint density at radius 1 is 1.41 bits per heavy atom. The van der Waals surface area contributed by atoms with E-state index in [0.29, 0.717) is 6.42 Å². The molecule has 0 aromatic rings. The molecular weight excluding hydrogens is 210 g/mol. The summed E-state index contributed by atoms with van der Waals surface area (Å²) in [7, 11) is 0. The number of hydrogen-bond acceptors (Lipinski definition) is 1. The summed E-state index contributed by atoms with van der Waals surface area (Å²) < 4.78 is 0. The second-order valence-electron chi connectivity index (χ2n) is 4.34. The highest BCUT2D eigenvalue weighted by molar-refractivity contribution is 5.76. The molecule has 0 aromatic heterocycles. The zero-order valence-corrected chi connectivity index (χ0v) is 10.7. The molecule has 2 nitrogen and oxygen atoms in total. The van der Waals surface area contributed by atoms with Gasteiger partial charge in [-0.05, 0) is 37.8 Å². The van der Waals surface area contributed by atoms with Crippen LogP contribution in [0.5, 0.6) is 0 Å². The van der Waals surface area contributed by atoms with E-state index >= 15 is 0 Å². The second-order valence-corrected chi connectivity index (χ2v) is 4.34. The Morgan fingerprint density at radius 3 is 3.00 bits per heavy atom. The SMILES string of the molecule is CCCC(=O)NC(C)CCC1=C=CC=CC=C1. The van der Waals surface area contributed by atoms with Crippen molar-refractivity contribution in [2.75, 3.05) is 0 Å². The van der Waals surface area contributed by atoms with Crippen LogP contribution in [0, 0.1) is 0 Å². The van der Waals surface area contributed by atoms with Gasteiger partial charge < -0.3 is 5.32 Å². The Morgan fingerprint density at radius 2 is 2.24 bits per heavy atom. The van der Waals surface area contributed by atoms with Crippen molar-refractivity contribution in [3.05, 3.63) is 41.7 Å². The van der Waals surface area contributed by atoms with Crippen LogP contribution in [0.25, 0.3) is 0 Å². The fraction of sp³-hybridized carbons (Fsp3) is 0.467. The van der Waals surface area contributed by atoms with Gasteiger partial charge in [0.25, 0.3) is 0 Å². The molecule has 0 bridgehead atoms. The van der Waals surface area contributed by atoms with Gasteiger partial charge in [-0.2, -0.15) is 0 Å². The van der Waals surface area contributed by atoms with Crippen LogP contribution in [0.3, 0.4) is 0 Å². The molecule has 1 aliphatic carbocycles. The zero-order valence-electron chi connectivity index (χ0n) is 10.7. The maximum Gasteiger partial charge on any atom is 0.220 e. The van der Waals surface area contributed by atoms with Crippen LogP contribution in [0.4, 0.5) is 0 Å². The summed E-state index contributed by atoms with van der Waals surface area (Å²) in [6.07, 6.45) is 13.4. The van der Waals surface area contributed by atoms with Gasteiger partial charge in [0, 0.05) is 12.5 Å². The number of rotatable bonds is 6. The third-order valence-corrected chi connectivity index (χ3v) is 2.62. The van der Waals surface area contributed by atoms with Crippen LogP contribution < -0.4 is 5.32 Å². The molecule has 17 heavy (non-hydrogen) atoms. The quantitative estimate of drug-likeness (QED) is 0.698. The Kier molecular flexibility index (Phi) is 6.13. The van der Waals surface area contributed by atoms with Crippen LogP contribution in [0.2, 0.25) is 0 Å². The summed E-state index contributed by atoms with van der Waals surface area (Å²) in [5.41, 5.74) is 4.41. The molecule has 1 unspecified atom stereocenters. The Hall–Kier alpha value is -1.53. The molecule has 0 saturated carbocycles. The number of amides is 1. The predicted molar refractivity (Wildman–Crippen MR) is 71.6 cm³/mol. The molecule has 0 heterocycles. The minimum absolute atomic E-state index is 0.155. The van der Waals surface area contributed by atoms with Gasteiger partial charge >= 0.3 is 0 Å². The summed E-state index contributed by atoms with van der Waals surface area (Å²) >= 11 is 0. The van der Waals surface area contributed by atoms with E-state index in [1.165, 1.54) is 5.57 Å². The number of hydrogen-bond donors (Lipinski definition) is 1. The molecule has 2 heteroatoms. The van der Waals surface area contributed by atoms with E-state index < -0.39 is 0 Å². The van der Waals surface area contributed by atoms with Crippen molar-refractivity contribution < 1.29 is 4.79 Å². The number of carbonyl (C=O) groups is 1. The monoisotopic (exact) mass is 231 g/mol. The smallest absolute Gasteiger partial charge is 0.220 e. The maximum atomic E-state index is 11.4. The lowest BCUT2D eigenvalue weighted by molar-refractivity contribution is -0.121. The highest BCUT2D eigenvalue weighted by Crippen LogP contribution is 2.10. The van der Waals surface area contributed by atoms with E-state index in [4.69, 9.17) is 0 Å². The molecule has 0 radical (unpaired) electrons. The molecular formula is C15H21NO. The fourth-order valence-electron chi connectivity index (χ4n) is 1.67. The minimum atomic E-state index is 0.155. The summed E-state index contributed by atoms with van der Waals surface area (Å²) in [6.45, 7) is 4.07. The van der Waals surface area contributed by atoms with E-state index in [1.807, 2.05) is 31.2 Å². The number of allylic oxidation sites excluding steroid dienone is 5. The van der Waals surface area contributed by atoms with Crippen LogP contribution in [0.15, 0.2) is 41.7 Å². The van der Waals surface area contributed by atoms with Crippen molar-refractivity contribution in [2.24, 2.45) is 0 Å². The van der Waals surface area contributed by atoms with E-state index in [1.54, 1.807) is 0 Å². The maximum absolute atomic E-state index is 11.4. The average molecular weight is 231 g/mol. The number of nitrogens with one attached hydrogen (secondary N) is 1. The van der Waals surface area contributed by atoms with Crippen molar-refractivity contribution in [3.8, 4) is 0 Å². The molecule has 1 rings (SSSR count). The number of carbonyl (C=O) groups excluding carboxylic acids is 1. The van der Waals surface area contributed by atoms with Gasteiger partial charge in [-0.25, -0.2) is 0 Å². The average Bonchev–Trinajstić information content (AvgIpc) is 2.55. The molecule has 0 saturated heterocycles. The van der Waals surface area contributed by atoms with Gasteiger partial charge in [-0.15, -0.1) is 5.73 Å². The Labute approximate surface area is 104 Å². The summed E-state index contributed by atoms with van der Waals surface area (Å²) in [5.74, 6) is 0.155. The summed E-state index contributed by atoms with van der Waals surface area (Å²) in [6, 6.07) is 0.230. The third kappa shape index (κ3) is 5.94. The predicted octanol–water partition coefficient (Wildman–Crippen LogP) is 3.28. The van der Waals surface area contributed by atoms with Crippen LogP contribution in [-0.2, 0) is 4.79 Å². The fourth-order valence-corrected chi connectivity index (χ4v) is 1.67. The zero-order chi connectivity index (χ0) is 12.5. The van der Waals surface area contributed by atoms with Gasteiger partial charge in [0.1, 0.15) is 0 Å². The van der Waals surface area contributed by atoms with Crippen molar-refractivity contribution in [1.82, 2.24) is 5.32 Å². The Bertz CT molecular complexity index is 370. The lowest BCUT2D eigenvalue weighted by atomic mass is 10.1. The van der Waals surface area contributed by atoms with E-state index in [0.717, 1.165) is 19.3 Å². The highest BCUT2D eigenvalue weighted by Gasteiger charge is 2.06. The van der Waals surface area contributed by atoms with E-state index in [9.17, 15) is 4.79 Å². The van der Waals surface area contributed by atoms with E-state index in [-0.39, 0.29) is 11.9 Å². The van der Waals surface area contributed by atoms with Crippen LogP contribution >= 0.6 is 0 Å². The standard InChI is InChI=1S/C15H21NO/c1-3-8-15(17)16-13(2)11-12-14-9-6-4-5-7-10-14/h4-7,9,13H,3,8,11-12H2,1-2H3,(H,16,17). The molecule has 1 aliphatic rings. The second kappa shape index (κ2) is 7.70. The molecule has 92 valence electrons. The first-order valence-electron chi connectivity index (χ1n) is 6.30. The lowest BCUT2D eigenvalue weighted by Gasteiger charge is -2.13. The first-order chi connectivity index (χ1) is 8.22. The largest absolute Gasteiger partial charge is 0.354 e. The Balaban J connectivity index is 2.31. The van der Waals surface area contributed by atoms with Gasteiger partial charge in [0.15, 0.2) is 0 Å². The van der Waals surface area contributed by atoms with Crippen molar-refractivity contribution in [1.29, 1.82) is 0 Å². The normalized spacial score (nSPS) is 15.3. The molecule has 0 spiro atoms. The molecule has 1 amide bonds. The topological polar surface area (TPSA) is 29.1 Å². The molecule has 1 atom stereocenters. The van der Waals surface area contributed by atoms with Gasteiger partial charge in [0.05, 0.1) is 0 Å². The molecule has 0 fully saturated rings. The van der Waals surface area contributed by atoms with Crippen molar-refractivity contribution in [2.45, 2.75) is 45.6 Å². The first-order valence-corrected chi connectivity index (χ1v) is 6.30. The van der Waals surface area contributed by atoms with Gasteiger partial charge in [-0.3, -0.25) is 4.79 Å².